The minimum absolute atomic E-state index is 0.0987. The molecule has 138 valence electrons. The molecule has 1 N–H and O–H groups in total. The van der Waals surface area contributed by atoms with Crippen LogP contribution in [0.4, 0.5) is 5.00 Å². The van der Waals surface area contributed by atoms with Gasteiger partial charge in [0, 0.05) is 17.1 Å². The molecule has 0 atom stereocenters. The van der Waals surface area contributed by atoms with Crippen LogP contribution in [-0.4, -0.2) is 24.0 Å². The number of nitrogens with one attached hydrogen (secondary N) is 1. The molecule has 0 spiro atoms. The van der Waals surface area contributed by atoms with E-state index < -0.39 is 11.9 Å². The molecule has 0 fully saturated rings. The second-order valence-corrected chi connectivity index (χ2v) is 6.93. The first kappa shape index (κ1) is 19.1. The summed E-state index contributed by atoms with van der Waals surface area (Å²) in [6.45, 7) is 2.08. The second-order valence-electron chi connectivity index (χ2n) is 5.69. The van der Waals surface area contributed by atoms with Crippen LogP contribution in [-0.2, 0) is 11.2 Å². The van der Waals surface area contributed by atoms with Crippen LogP contribution in [0, 0.1) is 0 Å². The SMILES string of the molecule is CCc1ccc(-c2csc(NC(=O)c3cccnc3Cl)c2C(=O)OC)cc1. The first-order valence-electron chi connectivity index (χ1n) is 8.26. The van der Waals surface area contributed by atoms with Crippen molar-refractivity contribution in [2.24, 2.45) is 0 Å². The molecule has 0 radical (unpaired) electrons. The molecule has 0 saturated heterocycles. The highest BCUT2D eigenvalue weighted by Gasteiger charge is 2.23. The molecule has 3 aromatic rings. The van der Waals surface area contributed by atoms with Crippen LogP contribution in [0.25, 0.3) is 11.1 Å². The molecule has 0 saturated carbocycles. The number of pyridine rings is 1. The van der Waals surface area contributed by atoms with E-state index in [1.807, 2.05) is 29.6 Å². The predicted octanol–water partition coefficient (Wildman–Crippen LogP) is 5.06. The summed E-state index contributed by atoms with van der Waals surface area (Å²) < 4.78 is 4.93. The van der Waals surface area contributed by atoms with Crippen molar-refractivity contribution in [3.63, 3.8) is 0 Å². The number of anilines is 1. The van der Waals surface area contributed by atoms with Crippen LogP contribution < -0.4 is 5.32 Å². The van der Waals surface area contributed by atoms with Gasteiger partial charge in [0.25, 0.3) is 5.91 Å². The average Bonchev–Trinajstić information content (AvgIpc) is 3.11. The second kappa shape index (κ2) is 8.33. The Morgan fingerprint density at radius 1 is 1.22 bits per heavy atom. The molecule has 0 aliphatic rings. The van der Waals surface area contributed by atoms with Gasteiger partial charge in [0.05, 0.1) is 12.7 Å². The number of methoxy groups -OCH3 is 1. The zero-order valence-electron chi connectivity index (χ0n) is 14.8. The number of hydrogen-bond acceptors (Lipinski definition) is 5. The normalized spacial score (nSPS) is 10.5. The molecular formula is C20H17ClN2O3S. The number of aromatic nitrogens is 1. The quantitative estimate of drug-likeness (QED) is 0.479. The summed E-state index contributed by atoms with van der Waals surface area (Å²) in [4.78, 5) is 28.8. The average molecular weight is 401 g/mol. The van der Waals surface area contributed by atoms with Crippen LogP contribution >= 0.6 is 22.9 Å². The Hall–Kier alpha value is -2.70. The maximum Gasteiger partial charge on any atom is 0.341 e. The molecule has 3 rings (SSSR count). The molecule has 2 heterocycles. The Labute approximate surface area is 166 Å². The van der Waals surface area contributed by atoms with E-state index in [1.54, 1.807) is 12.1 Å². The maximum absolute atomic E-state index is 12.5. The minimum Gasteiger partial charge on any atom is -0.465 e. The third-order valence-electron chi connectivity index (χ3n) is 4.08. The van der Waals surface area contributed by atoms with Crippen LogP contribution in [0.15, 0.2) is 48.0 Å². The van der Waals surface area contributed by atoms with Gasteiger partial charge in [0.15, 0.2) is 0 Å². The molecule has 0 bridgehead atoms. The lowest BCUT2D eigenvalue weighted by Gasteiger charge is -2.09. The van der Waals surface area contributed by atoms with Crippen LogP contribution in [0.1, 0.15) is 33.2 Å². The number of ether oxygens (including phenoxy) is 1. The number of esters is 1. The molecule has 1 amide bonds. The number of carbonyl (C=O) groups is 2. The van der Waals surface area contributed by atoms with Gasteiger partial charge >= 0.3 is 5.97 Å². The molecule has 0 aliphatic carbocycles. The summed E-state index contributed by atoms with van der Waals surface area (Å²) >= 11 is 7.24. The zero-order valence-corrected chi connectivity index (χ0v) is 16.4. The molecule has 0 aliphatic heterocycles. The lowest BCUT2D eigenvalue weighted by atomic mass is 10.0. The standard InChI is InChI=1S/C20H17ClN2O3S/c1-3-12-6-8-13(9-7-12)15-11-27-19(16(15)20(25)26-2)23-18(24)14-5-4-10-22-17(14)21/h4-11H,3H2,1-2H3,(H,23,24). The van der Waals surface area contributed by atoms with Crippen molar-refractivity contribution >= 4 is 39.8 Å². The maximum atomic E-state index is 12.5. The number of rotatable bonds is 5. The number of nitrogens with zero attached hydrogens (tertiary/aromatic N) is 1. The van der Waals surface area contributed by atoms with Crippen LogP contribution in [0.2, 0.25) is 5.15 Å². The molecule has 0 unspecified atom stereocenters. The number of carbonyl (C=O) groups excluding carboxylic acids is 2. The van der Waals surface area contributed by atoms with E-state index in [0.717, 1.165) is 12.0 Å². The molecule has 7 heteroatoms. The van der Waals surface area contributed by atoms with Gasteiger partial charge in [0.2, 0.25) is 0 Å². The summed E-state index contributed by atoms with van der Waals surface area (Å²) in [7, 11) is 1.31. The van der Waals surface area contributed by atoms with Crippen molar-refractivity contribution < 1.29 is 14.3 Å². The minimum atomic E-state index is -0.515. The van der Waals surface area contributed by atoms with E-state index in [2.05, 4.69) is 17.2 Å². The Morgan fingerprint density at radius 3 is 2.59 bits per heavy atom. The van der Waals surface area contributed by atoms with E-state index >= 15 is 0 Å². The van der Waals surface area contributed by atoms with Crippen molar-refractivity contribution in [2.75, 3.05) is 12.4 Å². The fraction of sp³-hybridized carbons (Fsp3) is 0.150. The van der Waals surface area contributed by atoms with Gasteiger partial charge < -0.3 is 10.1 Å². The number of halogens is 1. The van der Waals surface area contributed by atoms with Crippen LogP contribution in [0.3, 0.4) is 0 Å². The van der Waals surface area contributed by atoms with Gasteiger partial charge in [-0.25, -0.2) is 9.78 Å². The monoisotopic (exact) mass is 400 g/mol. The fourth-order valence-corrected chi connectivity index (χ4v) is 3.77. The molecule has 1 aromatic carbocycles. The summed E-state index contributed by atoms with van der Waals surface area (Å²) in [6, 6.07) is 11.1. The highest BCUT2D eigenvalue weighted by molar-refractivity contribution is 7.15. The topological polar surface area (TPSA) is 68.3 Å². The van der Waals surface area contributed by atoms with E-state index in [0.29, 0.717) is 16.1 Å². The number of amides is 1. The van der Waals surface area contributed by atoms with E-state index in [9.17, 15) is 9.59 Å². The molecule has 5 nitrogen and oxygen atoms in total. The predicted molar refractivity (Wildman–Crippen MR) is 108 cm³/mol. The van der Waals surface area contributed by atoms with Crippen molar-refractivity contribution in [3.8, 4) is 11.1 Å². The summed E-state index contributed by atoms with van der Waals surface area (Å²) in [5, 5.41) is 5.08. The third-order valence-corrected chi connectivity index (χ3v) is 5.28. The van der Waals surface area contributed by atoms with Gasteiger partial charge in [-0.1, -0.05) is 42.8 Å². The van der Waals surface area contributed by atoms with E-state index in [1.165, 1.54) is 30.2 Å². The lowest BCUT2D eigenvalue weighted by Crippen LogP contribution is -2.15. The largest absolute Gasteiger partial charge is 0.465 e. The van der Waals surface area contributed by atoms with Crippen LogP contribution in [0.5, 0.6) is 0 Å². The van der Waals surface area contributed by atoms with Gasteiger partial charge in [-0.05, 0) is 29.7 Å². The Bertz CT molecular complexity index is 983. The van der Waals surface area contributed by atoms with Gasteiger partial charge in [0.1, 0.15) is 15.7 Å². The smallest absolute Gasteiger partial charge is 0.341 e. The summed E-state index contributed by atoms with van der Waals surface area (Å²) in [5.74, 6) is -0.952. The number of aryl methyl sites for hydroxylation is 1. The van der Waals surface area contributed by atoms with Gasteiger partial charge in [-0.15, -0.1) is 11.3 Å². The highest BCUT2D eigenvalue weighted by atomic mass is 35.5. The van der Waals surface area contributed by atoms with Gasteiger partial charge in [-0.2, -0.15) is 0 Å². The number of benzene rings is 1. The third kappa shape index (κ3) is 4.02. The first-order valence-corrected chi connectivity index (χ1v) is 9.51. The fourth-order valence-electron chi connectivity index (χ4n) is 2.61. The summed E-state index contributed by atoms with van der Waals surface area (Å²) in [6.07, 6.45) is 2.43. The molecule has 27 heavy (non-hydrogen) atoms. The Balaban J connectivity index is 1.98. The van der Waals surface area contributed by atoms with E-state index in [-0.39, 0.29) is 10.7 Å². The Morgan fingerprint density at radius 2 is 1.96 bits per heavy atom. The van der Waals surface area contributed by atoms with Crippen molar-refractivity contribution in [1.29, 1.82) is 0 Å². The molecule has 2 aromatic heterocycles. The highest BCUT2D eigenvalue weighted by Crippen LogP contribution is 2.36. The Kier molecular flexibility index (Phi) is 5.88. The van der Waals surface area contributed by atoms with Crippen molar-refractivity contribution in [1.82, 2.24) is 4.98 Å². The van der Waals surface area contributed by atoms with Crippen molar-refractivity contribution in [3.05, 3.63) is 69.8 Å². The lowest BCUT2D eigenvalue weighted by molar-refractivity contribution is 0.0603. The van der Waals surface area contributed by atoms with E-state index in [4.69, 9.17) is 16.3 Å². The first-order chi connectivity index (χ1) is 13.0. The zero-order chi connectivity index (χ0) is 19.4. The van der Waals surface area contributed by atoms with Gasteiger partial charge in [-0.3, -0.25) is 4.79 Å². The van der Waals surface area contributed by atoms with Crippen molar-refractivity contribution in [2.45, 2.75) is 13.3 Å². The number of hydrogen-bond donors (Lipinski definition) is 1. The summed E-state index contributed by atoms with van der Waals surface area (Å²) in [5.41, 5.74) is 3.34. The molecular weight excluding hydrogens is 384 g/mol. The number of thiophene rings is 1.